The number of carboxylic acids is 1. The number of fused-ring (bicyclic) bond motifs is 1. The van der Waals surface area contributed by atoms with Crippen LogP contribution in [0, 0.1) is 11.3 Å². The summed E-state index contributed by atoms with van der Waals surface area (Å²) in [7, 11) is 0. The molecule has 1 fully saturated rings. The Hall–Kier alpha value is -4.14. The monoisotopic (exact) mass is 550 g/mol. The van der Waals surface area contributed by atoms with Gasteiger partial charge in [0.05, 0.1) is 17.3 Å². The lowest BCUT2D eigenvalue weighted by atomic mass is 9.85. The lowest BCUT2D eigenvalue weighted by Gasteiger charge is -2.26. The normalized spacial score (nSPS) is 17.2. The quantitative estimate of drug-likeness (QED) is 0.334. The van der Waals surface area contributed by atoms with Crippen LogP contribution in [0.5, 0.6) is 0 Å². The van der Waals surface area contributed by atoms with E-state index in [4.69, 9.17) is 0 Å². The van der Waals surface area contributed by atoms with E-state index in [1.54, 1.807) is 53.4 Å². The fourth-order valence-corrected chi connectivity index (χ4v) is 5.34. The van der Waals surface area contributed by atoms with Gasteiger partial charge >= 0.3 is 12.1 Å². The maximum Gasteiger partial charge on any atom is 0.392 e. The SMILES string of the molecule is C[C@H](C(C(=O)Nc1cccc(CC2(C(=O)O)CC2)c1)c1ccc(CN2Cc3ccccc3C2=O)cc1)C(F)(F)F. The second kappa shape index (κ2) is 10.4. The Morgan fingerprint density at radius 1 is 1.00 bits per heavy atom. The van der Waals surface area contributed by atoms with E-state index in [-0.39, 0.29) is 11.5 Å². The third-order valence-electron chi connectivity index (χ3n) is 7.95. The van der Waals surface area contributed by atoms with Gasteiger partial charge in [-0.3, -0.25) is 14.4 Å². The smallest absolute Gasteiger partial charge is 0.392 e. The molecule has 1 saturated carbocycles. The number of hydrogen-bond donors (Lipinski definition) is 2. The summed E-state index contributed by atoms with van der Waals surface area (Å²) in [6, 6.07) is 20.2. The number of carbonyl (C=O) groups excluding carboxylic acids is 2. The van der Waals surface area contributed by atoms with Crippen molar-refractivity contribution >= 4 is 23.5 Å². The summed E-state index contributed by atoms with van der Waals surface area (Å²) in [6.07, 6.45) is -3.19. The standard InChI is InChI=1S/C31H29F3N2O4/c1-19(31(32,33)34)26(27(37)35-24-7-4-5-21(15-24)16-30(13-14-30)29(39)40)22-11-9-20(10-12-22)17-36-18-23-6-2-3-8-25(23)28(36)38/h2-12,15,19,26H,13-14,16-18H2,1H3,(H,35,37)(H,39,40)/t19-,26?/m1/s1. The Balaban J connectivity index is 1.32. The van der Waals surface area contributed by atoms with Crippen molar-refractivity contribution in [3.63, 3.8) is 0 Å². The first-order valence-electron chi connectivity index (χ1n) is 13.1. The molecule has 2 amide bonds. The molecule has 0 spiro atoms. The minimum atomic E-state index is -4.61. The number of hydrogen-bond acceptors (Lipinski definition) is 3. The molecule has 5 rings (SSSR count). The van der Waals surface area contributed by atoms with Crippen molar-refractivity contribution in [3.8, 4) is 0 Å². The summed E-state index contributed by atoms with van der Waals surface area (Å²) in [6.45, 7) is 1.74. The van der Waals surface area contributed by atoms with Crippen LogP contribution in [0.25, 0.3) is 0 Å². The molecule has 1 aliphatic heterocycles. The van der Waals surface area contributed by atoms with Crippen molar-refractivity contribution < 1.29 is 32.7 Å². The van der Waals surface area contributed by atoms with E-state index in [1.807, 2.05) is 12.1 Å². The van der Waals surface area contributed by atoms with Gasteiger partial charge in [-0.05, 0) is 59.7 Å². The number of carbonyl (C=O) groups is 3. The van der Waals surface area contributed by atoms with Crippen molar-refractivity contribution in [3.05, 3.63) is 101 Å². The molecule has 9 heteroatoms. The first-order valence-corrected chi connectivity index (χ1v) is 13.1. The predicted molar refractivity (Wildman–Crippen MR) is 142 cm³/mol. The van der Waals surface area contributed by atoms with E-state index < -0.39 is 35.3 Å². The van der Waals surface area contributed by atoms with E-state index in [0.29, 0.717) is 49.2 Å². The number of halogens is 3. The molecule has 0 bridgehead atoms. The summed E-state index contributed by atoms with van der Waals surface area (Å²) < 4.78 is 41.6. The minimum Gasteiger partial charge on any atom is -0.481 e. The second-order valence-corrected chi connectivity index (χ2v) is 10.8. The lowest BCUT2D eigenvalue weighted by molar-refractivity contribution is -0.178. The summed E-state index contributed by atoms with van der Waals surface area (Å²) in [5.41, 5.74) is 2.73. The number of aliphatic carboxylic acids is 1. The zero-order valence-electron chi connectivity index (χ0n) is 21.9. The Kier molecular flexibility index (Phi) is 7.16. The molecule has 0 radical (unpaired) electrons. The molecule has 0 saturated heterocycles. The fraction of sp³-hybridized carbons (Fsp3) is 0.323. The molecule has 3 aromatic rings. The number of carboxylic acid groups (broad SMARTS) is 1. The third kappa shape index (κ3) is 5.59. The Labute approximate surface area is 229 Å². The molecule has 208 valence electrons. The highest BCUT2D eigenvalue weighted by atomic mass is 19.4. The van der Waals surface area contributed by atoms with Gasteiger partial charge in [0.1, 0.15) is 0 Å². The highest BCUT2D eigenvalue weighted by Gasteiger charge is 2.50. The predicted octanol–water partition coefficient (Wildman–Crippen LogP) is 6.17. The zero-order valence-corrected chi connectivity index (χ0v) is 21.9. The summed E-state index contributed by atoms with van der Waals surface area (Å²) in [5, 5.41) is 12.1. The van der Waals surface area contributed by atoms with Gasteiger partial charge in [-0.25, -0.2) is 0 Å². The van der Waals surface area contributed by atoms with Gasteiger partial charge in [-0.2, -0.15) is 13.2 Å². The molecule has 2 N–H and O–H groups in total. The zero-order chi connectivity index (χ0) is 28.7. The first kappa shape index (κ1) is 27.4. The van der Waals surface area contributed by atoms with Gasteiger partial charge in [0, 0.05) is 24.3 Å². The van der Waals surface area contributed by atoms with Gasteiger partial charge in [0.15, 0.2) is 0 Å². The number of anilines is 1. The van der Waals surface area contributed by atoms with Crippen LogP contribution in [0.3, 0.4) is 0 Å². The van der Waals surface area contributed by atoms with Crippen LogP contribution in [0.4, 0.5) is 18.9 Å². The third-order valence-corrected chi connectivity index (χ3v) is 7.95. The Bertz CT molecular complexity index is 1450. The van der Waals surface area contributed by atoms with E-state index in [1.165, 1.54) is 12.1 Å². The largest absolute Gasteiger partial charge is 0.481 e. The highest BCUT2D eigenvalue weighted by molar-refractivity contribution is 5.98. The molecule has 6 nitrogen and oxygen atoms in total. The number of benzene rings is 3. The van der Waals surface area contributed by atoms with E-state index in [0.717, 1.165) is 18.1 Å². The molecule has 3 aromatic carbocycles. The maximum absolute atomic E-state index is 13.9. The summed E-state index contributed by atoms with van der Waals surface area (Å²) >= 11 is 0. The number of nitrogens with zero attached hydrogens (tertiary/aromatic N) is 1. The Morgan fingerprint density at radius 3 is 2.33 bits per heavy atom. The van der Waals surface area contributed by atoms with Crippen LogP contribution in [0.15, 0.2) is 72.8 Å². The average Bonchev–Trinajstić information content (AvgIpc) is 3.63. The van der Waals surface area contributed by atoms with Crippen LogP contribution >= 0.6 is 0 Å². The average molecular weight is 551 g/mol. The number of rotatable bonds is 9. The van der Waals surface area contributed by atoms with Crippen molar-refractivity contribution in [2.24, 2.45) is 11.3 Å². The topological polar surface area (TPSA) is 86.7 Å². The molecule has 40 heavy (non-hydrogen) atoms. The number of amides is 2. The van der Waals surface area contributed by atoms with Crippen LogP contribution in [-0.2, 0) is 29.1 Å². The first-order chi connectivity index (χ1) is 19.0. The molecular weight excluding hydrogens is 521 g/mol. The molecule has 1 unspecified atom stereocenters. The van der Waals surface area contributed by atoms with Gasteiger partial charge in [-0.1, -0.05) is 61.5 Å². The van der Waals surface area contributed by atoms with Gasteiger partial charge in [-0.15, -0.1) is 0 Å². The number of alkyl halides is 3. The van der Waals surface area contributed by atoms with Crippen molar-refractivity contribution in [2.45, 2.75) is 51.4 Å². The molecule has 2 atom stereocenters. The molecular formula is C31H29F3N2O4. The van der Waals surface area contributed by atoms with Crippen LogP contribution in [0.2, 0.25) is 0 Å². The molecule has 2 aliphatic rings. The summed E-state index contributed by atoms with van der Waals surface area (Å²) in [4.78, 5) is 39.2. The maximum atomic E-state index is 13.9. The van der Waals surface area contributed by atoms with Crippen molar-refractivity contribution in [1.29, 1.82) is 0 Å². The van der Waals surface area contributed by atoms with Crippen LogP contribution in [-0.4, -0.2) is 34.0 Å². The second-order valence-electron chi connectivity index (χ2n) is 10.8. The lowest BCUT2D eigenvalue weighted by Crippen LogP contribution is -2.34. The van der Waals surface area contributed by atoms with E-state index >= 15 is 0 Å². The van der Waals surface area contributed by atoms with Crippen LogP contribution < -0.4 is 5.32 Å². The fourth-order valence-electron chi connectivity index (χ4n) is 5.34. The Morgan fingerprint density at radius 2 is 1.70 bits per heavy atom. The molecule has 0 aromatic heterocycles. The van der Waals surface area contributed by atoms with E-state index in [2.05, 4.69) is 5.32 Å². The summed E-state index contributed by atoms with van der Waals surface area (Å²) in [5.74, 6) is -5.25. The van der Waals surface area contributed by atoms with E-state index in [9.17, 15) is 32.7 Å². The highest BCUT2D eigenvalue weighted by Crippen LogP contribution is 2.48. The van der Waals surface area contributed by atoms with Crippen molar-refractivity contribution in [2.75, 3.05) is 5.32 Å². The van der Waals surface area contributed by atoms with Crippen molar-refractivity contribution in [1.82, 2.24) is 4.90 Å². The number of nitrogens with one attached hydrogen (secondary N) is 1. The molecule has 1 aliphatic carbocycles. The van der Waals surface area contributed by atoms with Gasteiger partial charge in [0.25, 0.3) is 5.91 Å². The minimum absolute atomic E-state index is 0.0965. The van der Waals surface area contributed by atoms with Crippen LogP contribution in [0.1, 0.15) is 58.3 Å². The molecule has 1 heterocycles. The van der Waals surface area contributed by atoms with Gasteiger partial charge < -0.3 is 15.3 Å². The van der Waals surface area contributed by atoms with Gasteiger partial charge in [0.2, 0.25) is 5.91 Å².